The van der Waals surface area contributed by atoms with Gasteiger partial charge in [-0.15, -0.1) is 10.2 Å². The number of hydrogen-bond acceptors (Lipinski definition) is 12. The number of carboxylic acid groups (broad SMARTS) is 2. The van der Waals surface area contributed by atoms with Crippen LogP contribution in [-0.2, 0) is 9.47 Å². The average molecular weight is 792 g/mol. The van der Waals surface area contributed by atoms with E-state index in [9.17, 15) is 48.9 Å². The van der Waals surface area contributed by atoms with Crippen molar-refractivity contribution < 1.29 is 48.8 Å². The lowest BCUT2D eigenvalue weighted by atomic mass is 10.0. The van der Waals surface area contributed by atoms with E-state index in [-0.39, 0.29) is 73.8 Å². The first-order chi connectivity index (χ1) is 26.2. The number of carboxylic acids is 2. The molecule has 0 spiro atoms. The number of nitrogens with zero attached hydrogens (tertiary/aromatic N) is 4. The van der Waals surface area contributed by atoms with Crippen molar-refractivity contribution in [3.05, 3.63) is 117 Å². The number of allylic oxidation sites excluding steroid dienone is 1. The van der Waals surface area contributed by atoms with Crippen LogP contribution in [0.15, 0.2) is 57.2 Å². The molecule has 0 bridgehead atoms. The SMILES string of the molecule is CCOC(=O)c1c(C=CC=c2c(C(=O)OCC)c3c([nH]c2=O)=NN(c2ccc(C(=O)O)cc2Cl)C3=O)c(O)[nH]c2nn(-c3ccc(C(=O)O)cc3Cl)c(=O)c1-2. The Kier molecular flexibility index (Phi) is 10.1. The van der Waals surface area contributed by atoms with Gasteiger partial charge in [0.15, 0.2) is 17.2 Å². The van der Waals surface area contributed by atoms with Crippen molar-refractivity contribution in [2.75, 3.05) is 18.2 Å². The fourth-order valence-electron chi connectivity index (χ4n) is 5.63. The highest BCUT2D eigenvalue weighted by Crippen LogP contribution is 2.33. The summed E-state index contributed by atoms with van der Waals surface area (Å²) in [4.78, 5) is 95.3. The van der Waals surface area contributed by atoms with Gasteiger partial charge in [-0.05, 0) is 62.4 Å². The van der Waals surface area contributed by atoms with E-state index in [1.165, 1.54) is 38.1 Å². The molecule has 280 valence electrons. The minimum atomic E-state index is -1.28. The quantitative estimate of drug-likeness (QED) is 0.128. The Balaban J connectivity index is 1.51. The van der Waals surface area contributed by atoms with Gasteiger partial charge in [-0.2, -0.15) is 9.69 Å². The van der Waals surface area contributed by atoms with Gasteiger partial charge >= 0.3 is 23.9 Å². The Morgan fingerprint density at radius 3 is 1.98 bits per heavy atom. The zero-order valence-corrected chi connectivity index (χ0v) is 29.7. The summed E-state index contributed by atoms with van der Waals surface area (Å²) in [7, 11) is 0. The largest absolute Gasteiger partial charge is 0.494 e. The molecule has 3 aliphatic heterocycles. The van der Waals surface area contributed by atoms with Crippen molar-refractivity contribution in [3.63, 3.8) is 0 Å². The molecule has 0 saturated carbocycles. The normalized spacial score (nSPS) is 12.6. The van der Waals surface area contributed by atoms with Crippen LogP contribution in [0.25, 0.3) is 29.2 Å². The number of hydrogen-bond donors (Lipinski definition) is 5. The van der Waals surface area contributed by atoms with Crippen LogP contribution >= 0.6 is 23.2 Å². The van der Waals surface area contributed by atoms with Crippen LogP contribution in [0.2, 0.25) is 10.0 Å². The predicted molar refractivity (Wildman–Crippen MR) is 193 cm³/mol. The monoisotopic (exact) mass is 790 g/mol. The zero-order chi connectivity index (χ0) is 39.9. The van der Waals surface area contributed by atoms with Crippen LogP contribution in [0, 0.1) is 0 Å². The number of anilines is 1. The Labute approximate surface area is 316 Å². The maximum absolute atomic E-state index is 13.8. The van der Waals surface area contributed by atoms with Crippen LogP contribution in [0.1, 0.15) is 71.2 Å². The maximum atomic E-state index is 13.8. The van der Waals surface area contributed by atoms with E-state index in [0.29, 0.717) is 0 Å². The molecule has 1 amide bonds. The van der Waals surface area contributed by atoms with Crippen molar-refractivity contribution in [1.82, 2.24) is 19.7 Å². The van der Waals surface area contributed by atoms with Crippen molar-refractivity contribution in [1.29, 1.82) is 0 Å². The number of aromatic carboxylic acids is 2. The lowest BCUT2D eigenvalue weighted by Gasteiger charge is -2.14. The second kappa shape index (κ2) is 14.8. The molecule has 18 nitrogen and oxygen atoms in total. The van der Waals surface area contributed by atoms with Crippen LogP contribution in [0.4, 0.5) is 5.69 Å². The number of aromatic nitrogens is 4. The third kappa shape index (κ3) is 6.70. The van der Waals surface area contributed by atoms with Crippen LogP contribution in [-0.4, -0.2) is 78.1 Å². The number of carbonyl (C=O) groups excluding carboxylic acids is 3. The van der Waals surface area contributed by atoms with Crippen molar-refractivity contribution in [2.45, 2.75) is 13.8 Å². The van der Waals surface area contributed by atoms with Crippen LogP contribution < -0.4 is 26.8 Å². The van der Waals surface area contributed by atoms with Crippen molar-refractivity contribution in [2.24, 2.45) is 5.10 Å². The van der Waals surface area contributed by atoms with Gasteiger partial charge in [0, 0.05) is 5.56 Å². The molecular weight excluding hydrogens is 767 g/mol. The van der Waals surface area contributed by atoms with E-state index >= 15 is 0 Å². The summed E-state index contributed by atoms with van der Waals surface area (Å²) < 4.78 is 11.1. The second-order valence-electron chi connectivity index (χ2n) is 11.3. The van der Waals surface area contributed by atoms with Gasteiger partial charge in [-0.1, -0.05) is 29.3 Å². The Bertz CT molecular complexity index is 2750. The van der Waals surface area contributed by atoms with Gasteiger partial charge in [-0.3, -0.25) is 14.4 Å². The first-order valence-corrected chi connectivity index (χ1v) is 16.6. The number of fused-ring (bicyclic) bond motifs is 2. The van der Waals surface area contributed by atoms with Crippen LogP contribution in [0.5, 0.6) is 5.88 Å². The van der Waals surface area contributed by atoms with Crippen molar-refractivity contribution in [3.8, 4) is 23.0 Å². The van der Waals surface area contributed by atoms with E-state index in [0.717, 1.165) is 40.1 Å². The summed E-state index contributed by atoms with van der Waals surface area (Å²) in [6, 6.07) is 7.00. The smallest absolute Gasteiger partial charge is 0.339 e. The van der Waals surface area contributed by atoms with E-state index in [2.05, 4.69) is 20.2 Å². The standard InChI is InChI=1S/C35H24Cl2N6O12/c1-3-54-34(52)22-16(28(44)38-26-24(22)30(46)42(40-26)20-10-8-14(32(48)49)12-18(20)36)6-5-7-17-23(35(53)55-4-2)25-27(39-29(17)45)41-43(31(25)47)21-11-9-15(33(50)51)13-19(21)37/h5-13H,3-4H2,1-2H3,(H,48,49)(H,50,51)(H,38,40,44)(H2,39,41,45). The molecular formula is C35H24Cl2N6O12. The molecule has 3 aliphatic rings. The summed E-state index contributed by atoms with van der Waals surface area (Å²) >= 11 is 12.5. The predicted octanol–water partition coefficient (Wildman–Crippen LogP) is 2.80. The number of rotatable bonds is 10. The fourth-order valence-corrected chi connectivity index (χ4v) is 6.15. The Morgan fingerprint density at radius 2 is 1.42 bits per heavy atom. The minimum Gasteiger partial charge on any atom is -0.494 e. The number of carbonyl (C=O) groups is 5. The molecule has 0 atom stereocenters. The lowest BCUT2D eigenvalue weighted by Crippen LogP contribution is -2.41. The van der Waals surface area contributed by atoms with E-state index in [4.69, 9.17) is 32.7 Å². The van der Waals surface area contributed by atoms with Gasteiger partial charge in [0.25, 0.3) is 17.0 Å². The molecule has 4 heterocycles. The molecule has 0 unspecified atom stereocenters. The topological polar surface area (TPSA) is 264 Å². The molecule has 0 saturated heterocycles. The summed E-state index contributed by atoms with van der Waals surface area (Å²) in [5.74, 6) is -6.54. The Hall–Kier alpha value is -7.05. The summed E-state index contributed by atoms with van der Waals surface area (Å²) in [6.45, 7) is 2.70. The third-order valence-corrected chi connectivity index (χ3v) is 8.63. The van der Waals surface area contributed by atoms with E-state index < -0.39 is 63.1 Å². The van der Waals surface area contributed by atoms with Crippen LogP contribution in [0.3, 0.4) is 0 Å². The molecule has 20 heteroatoms. The lowest BCUT2D eigenvalue weighted by molar-refractivity contribution is 0.0514. The number of H-pyrrole nitrogens is 2. The molecule has 1 aromatic heterocycles. The van der Waals surface area contributed by atoms with E-state index in [1.807, 2.05) is 0 Å². The molecule has 0 radical (unpaired) electrons. The third-order valence-electron chi connectivity index (χ3n) is 8.02. The average Bonchev–Trinajstić information content (AvgIpc) is 3.62. The Morgan fingerprint density at radius 1 is 0.836 bits per heavy atom. The van der Waals surface area contributed by atoms with Gasteiger partial charge in [-0.25, -0.2) is 19.2 Å². The number of halogens is 2. The van der Waals surface area contributed by atoms with Gasteiger partial charge < -0.3 is 34.8 Å². The highest BCUT2D eigenvalue weighted by atomic mass is 35.5. The molecule has 55 heavy (non-hydrogen) atoms. The molecule has 2 aromatic carbocycles. The van der Waals surface area contributed by atoms with Gasteiger partial charge in [0.2, 0.25) is 0 Å². The number of aromatic hydroxyl groups is 1. The highest BCUT2D eigenvalue weighted by Gasteiger charge is 2.34. The first-order valence-electron chi connectivity index (χ1n) is 15.8. The number of benzene rings is 2. The minimum absolute atomic E-state index is 0.0392. The molecule has 6 rings (SSSR count). The summed E-state index contributed by atoms with van der Waals surface area (Å²) in [5.41, 5.74) is -4.54. The van der Waals surface area contributed by atoms with Gasteiger partial charge in [0.05, 0.1) is 62.1 Å². The fraction of sp³-hybridized carbons (Fsp3) is 0.114. The number of pyridine rings is 2. The number of aromatic amines is 2. The number of esters is 2. The first kappa shape index (κ1) is 37.7. The highest BCUT2D eigenvalue weighted by molar-refractivity contribution is 6.34. The summed E-state index contributed by atoms with van der Waals surface area (Å²) in [5, 5.41) is 37.9. The second-order valence-corrected chi connectivity index (χ2v) is 12.1. The summed E-state index contributed by atoms with van der Waals surface area (Å²) in [6.07, 6.45) is 3.34. The van der Waals surface area contributed by atoms with Crippen molar-refractivity contribution >= 4 is 70.8 Å². The molecule has 0 aliphatic carbocycles. The maximum Gasteiger partial charge on any atom is 0.339 e. The number of nitrogens with one attached hydrogen (secondary N) is 2. The number of ether oxygens (including phenoxy) is 2. The zero-order valence-electron chi connectivity index (χ0n) is 28.2. The molecule has 0 fully saturated rings. The van der Waals surface area contributed by atoms with Gasteiger partial charge in [0.1, 0.15) is 11.1 Å². The number of amides is 1. The van der Waals surface area contributed by atoms with E-state index in [1.54, 1.807) is 0 Å². The molecule has 3 aromatic rings. The molecule has 5 N–H and O–H groups in total.